The van der Waals surface area contributed by atoms with E-state index in [2.05, 4.69) is 51.1 Å². The summed E-state index contributed by atoms with van der Waals surface area (Å²) >= 11 is 0. The first kappa shape index (κ1) is 23.1. The lowest BCUT2D eigenvalue weighted by atomic mass is 10.1. The van der Waals surface area contributed by atoms with Crippen LogP contribution in [0.1, 0.15) is 29.5 Å². The summed E-state index contributed by atoms with van der Waals surface area (Å²) in [6.07, 6.45) is 6.37. The Morgan fingerprint density at radius 1 is 1.00 bits per heavy atom. The maximum absolute atomic E-state index is 6.01. The van der Waals surface area contributed by atoms with Gasteiger partial charge in [-0.05, 0) is 42.0 Å². The zero-order valence-electron chi connectivity index (χ0n) is 17.8. The highest BCUT2D eigenvalue weighted by molar-refractivity contribution is 14.0. The second-order valence-corrected chi connectivity index (χ2v) is 7.61. The second kappa shape index (κ2) is 11.7. The van der Waals surface area contributed by atoms with E-state index >= 15 is 0 Å². The van der Waals surface area contributed by atoms with Gasteiger partial charge in [-0.15, -0.1) is 24.0 Å². The monoisotopic (exact) mass is 531 g/mol. The lowest BCUT2D eigenvalue weighted by Gasteiger charge is -2.16. The van der Waals surface area contributed by atoms with Gasteiger partial charge in [-0.3, -0.25) is 9.67 Å². The van der Waals surface area contributed by atoms with Crippen molar-refractivity contribution in [1.82, 2.24) is 20.4 Å². The highest BCUT2D eigenvalue weighted by Crippen LogP contribution is 2.30. The van der Waals surface area contributed by atoms with Crippen molar-refractivity contribution >= 4 is 29.9 Å². The smallest absolute Gasteiger partial charge is 0.191 e. The molecule has 0 unspecified atom stereocenters. The summed E-state index contributed by atoms with van der Waals surface area (Å²) in [4.78, 5) is 4.37. The molecule has 1 aromatic heterocycles. The van der Waals surface area contributed by atoms with Gasteiger partial charge in [0, 0.05) is 38.1 Å². The third kappa shape index (κ3) is 6.99. The number of aromatic nitrogens is 2. The fourth-order valence-electron chi connectivity index (χ4n) is 3.31. The van der Waals surface area contributed by atoms with Gasteiger partial charge in [0.15, 0.2) is 5.96 Å². The molecule has 31 heavy (non-hydrogen) atoms. The Morgan fingerprint density at radius 2 is 1.68 bits per heavy atom. The van der Waals surface area contributed by atoms with Crippen molar-refractivity contribution in [2.24, 2.45) is 10.9 Å². The second-order valence-electron chi connectivity index (χ2n) is 7.61. The van der Waals surface area contributed by atoms with Crippen LogP contribution >= 0.6 is 24.0 Å². The van der Waals surface area contributed by atoms with Crippen LogP contribution in [0.2, 0.25) is 0 Å². The molecule has 0 atom stereocenters. The molecule has 0 spiro atoms. The van der Waals surface area contributed by atoms with Gasteiger partial charge in [-0.1, -0.05) is 42.5 Å². The maximum Gasteiger partial charge on any atom is 0.191 e. The van der Waals surface area contributed by atoms with Crippen molar-refractivity contribution < 1.29 is 4.74 Å². The van der Waals surface area contributed by atoms with E-state index in [1.807, 2.05) is 35.1 Å². The van der Waals surface area contributed by atoms with Crippen molar-refractivity contribution in [2.45, 2.75) is 32.5 Å². The van der Waals surface area contributed by atoms with Crippen LogP contribution in [-0.2, 0) is 19.6 Å². The summed E-state index contributed by atoms with van der Waals surface area (Å²) < 4.78 is 7.95. The van der Waals surface area contributed by atoms with Gasteiger partial charge >= 0.3 is 0 Å². The van der Waals surface area contributed by atoms with E-state index in [0.29, 0.717) is 13.1 Å². The van der Waals surface area contributed by atoms with Crippen LogP contribution < -0.4 is 15.4 Å². The van der Waals surface area contributed by atoms with Crippen molar-refractivity contribution in [3.05, 3.63) is 83.7 Å². The number of halogens is 1. The zero-order chi connectivity index (χ0) is 20.6. The first-order valence-corrected chi connectivity index (χ1v) is 10.5. The van der Waals surface area contributed by atoms with Gasteiger partial charge in [-0.2, -0.15) is 5.10 Å². The Labute approximate surface area is 201 Å². The number of aliphatic imine (C=N–C) groups is 1. The van der Waals surface area contributed by atoms with Crippen LogP contribution in [0.25, 0.3) is 0 Å². The molecule has 0 radical (unpaired) electrons. The number of nitrogens with zero attached hydrogens (tertiary/aromatic N) is 3. The van der Waals surface area contributed by atoms with Crippen LogP contribution in [-0.4, -0.2) is 29.4 Å². The molecule has 1 aliphatic rings. The Bertz CT molecular complexity index is 970. The molecule has 1 fully saturated rings. The first-order chi connectivity index (χ1) is 14.8. The topological polar surface area (TPSA) is 63.5 Å². The highest BCUT2D eigenvalue weighted by atomic mass is 127. The SMILES string of the molecule is CN=C(NCc1ccccc1Cn1cccn1)NCc1ccccc1OCC1CC1.I. The molecule has 1 heterocycles. The number of nitrogens with one attached hydrogen (secondary N) is 2. The van der Waals surface area contributed by atoms with E-state index in [9.17, 15) is 0 Å². The molecule has 1 saturated carbocycles. The molecule has 2 aromatic carbocycles. The predicted octanol–water partition coefficient (Wildman–Crippen LogP) is 4.20. The quantitative estimate of drug-likeness (QED) is 0.247. The number of guanidine groups is 1. The average Bonchev–Trinajstić information content (AvgIpc) is 3.48. The Balaban J connectivity index is 0.00000272. The van der Waals surface area contributed by atoms with Gasteiger partial charge in [0.2, 0.25) is 0 Å². The molecule has 164 valence electrons. The summed E-state index contributed by atoms with van der Waals surface area (Å²) in [5.41, 5.74) is 3.60. The fraction of sp³-hybridized carbons (Fsp3) is 0.333. The van der Waals surface area contributed by atoms with Gasteiger partial charge in [0.05, 0.1) is 13.2 Å². The minimum atomic E-state index is 0. The van der Waals surface area contributed by atoms with E-state index < -0.39 is 0 Å². The molecule has 2 N–H and O–H groups in total. The minimum Gasteiger partial charge on any atom is -0.493 e. The molecular formula is C24H30IN5O. The van der Waals surface area contributed by atoms with Crippen LogP contribution in [0.15, 0.2) is 72.0 Å². The van der Waals surface area contributed by atoms with E-state index in [0.717, 1.165) is 36.3 Å². The summed E-state index contributed by atoms with van der Waals surface area (Å²) in [5, 5.41) is 11.1. The molecule has 6 nitrogen and oxygen atoms in total. The summed E-state index contributed by atoms with van der Waals surface area (Å²) in [6, 6.07) is 18.6. The minimum absolute atomic E-state index is 0. The third-order valence-electron chi connectivity index (χ3n) is 5.27. The molecule has 0 bridgehead atoms. The molecule has 0 saturated heterocycles. The Morgan fingerprint density at radius 3 is 2.35 bits per heavy atom. The number of para-hydroxylation sites is 1. The number of benzene rings is 2. The van der Waals surface area contributed by atoms with Crippen molar-refractivity contribution in [2.75, 3.05) is 13.7 Å². The first-order valence-electron chi connectivity index (χ1n) is 10.5. The lowest BCUT2D eigenvalue weighted by Crippen LogP contribution is -2.36. The molecule has 3 aromatic rings. The van der Waals surface area contributed by atoms with Crippen LogP contribution in [0.3, 0.4) is 0 Å². The molecule has 0 aliphatic heterocycles. The third-order valence-corrected chi connectivity index (χ3v) is 5.27. The highest BCUT2D eigenvalue weighted by Gasteiger charge is 2.22. The predicted molar refractivity (Wildman–Crippen MR) is 135 cm³/mol. The van der Waals surface area contributed by atoms with Crippen molar-refractivity contribution in [3.8, 4) is 5.75 Å². The van der Waals surface area contributed by atoms with E-state index in [1.54, 1.807) is 13.2 Å². The molecule has 4 rings (SSSR count). The van der Waals surface area contributed by atoms with E-state index in [-0.39, 0.29) is 24.0 Å². The fourth-order valence-corrected chi connectivity index (χ4v) is 3.31. The van der Waals surface area contributed by atoms with E-state index in [4.69, 9.17) is 4.74 Å². The number of hydrogen-bond donors (Lipinski definition) is 2. The molecular weight excluding hydrogens is 501 g/mol. The zero-order valence-corrected chi connectivity index (χ0v) is 20.2. The Hall–Kier alpha value is -2.55. The number of ether oxygens (including phenoxy) is 1. The normalized spacial score (nSPS) is 13.4. The summed E-state index contributed by atoms with van der Waals surface area (Å²) in [6.45, 7) is 2.92. The summed E-state index contributed by atoms with van der Waals surface area (Å²) in [7, 11) is 1.79. The number of hydrogen-bond acceptors (Lipinski definition) is 3. The maximum atomic E-state index is 6.01. The number of rotatable bonds is 9. The van der Waals surface area contributed by atoms with Crippen LogP contribution in [0.5, 0.6) is 5.75 Å². The van der Waals surface area contributed by atoms with Gasteiger partial charge in [0.1, 0.15) is 5.75 Å². The van der Waals surface area contributed by atoms with Crippen LogP contribution in [0.4, 0.5) is 0 Å². The standard InChI is InChI=1S/C24H29N5O.HI/c1-25-24(27-16-21-8-4-5-10-23(21)30-18-19-11-12-19)26-15-20-7-2-3-9-22(20)17-29-14-6-13-28-29;/h2-10,13-14,19H,11-12,15-18H2,1H3,(H2,25,26,27);1H. The average molecular weight is 531 g/mol. The Kier molecular flexibility index (Phi) is 8.75. The van der Waals surface area contributed by atoms with Crippen molar-refractivity contribution in [3.63, 3.8) is 0 Å². The summed E-state index contributed by atoms with van der Waals surface area (Å²) in [5.74, 6) is 2.46. The lowest BCUT2D eigenvalue weighted by molar-refractivity contribution is 0.296. The largest absolute Gasteiger partial charge is 0.493 e. The van der Waals surface area contributed by atoms with Gasteiger partial charge in [-0.25, -0.2) is 0 Å². The molecule has 0 amide bonds. The van der Waals surface area contributed by atoms with E-state index in [1.165, 1.54) is 24.0 Å². The molecule has 1 aliphatic carbocycles. The van der Waals surface area contributed by atoms with Crippen molar-refractivity contribution in [1.29, 1.82) is 0 Å². The van der Waals surface area contributed by atoms with Gasteiger partial charge < -0.3 is 15.4 Å². The van der Waals surface area contributed by atoms with Crippen LogP contribution in [0, 0.1) is 5.92 Å². The molecule has 7 heteroatoms. The van der Waals surface area contributed by atoms with Gasteiger partial charge in [0.25, 0.3) is 0 Å².